The maximum Gasteiger partial charge on any atom is 0.143 e. The molecule has 0 atom stereocenters. The fourth-order valence-electron chi connectivity index (χ4n) is 11.5. The summed E-state index contributed by atoms with van der Waals surface area (Å²) in [6.45, 7) is 0. The predicted octanol–water partition coefficient (Wildman–Crippen LogP) is 19.1. The molecule has 15 aromatic rings. The summed E-state index contributed by atoms with van der Waals surface area (Å²) in [5.74, 6) is 0. The molecule has 2 nitrogen and oxygen atoms in total. The van der Waals surface area contributed by atoms with Gasteiger partial charge in [0.25, 0.3) is 0 Å². The Morgan fingerprint density at radius 2 is 0.612 bits per heavy atom. The van der Waals surface area contributed by atoms with Crippen LogP contribution in [0.1, 0.15) is 0 Å². The third-order valence-electron chi connectivity index (χ3n) is 14.3. The van der Waals surface area contributed by atoms with Crippen molar-refractivity contribution >= 4 is 118 Å². The second kappa shape index (κ2) is 14.0. The van der Waals surface area contributed by atoms with Crippen molar-refractivity contribution in [3.63, 3.8) is 0 Å². The number of benzene rings is 12. The molecule has 3 heterocycles. The van der Waals surface area contributed by atoms with Crippen molar-refractivity contribution < 1.29 is 8.83 Å². The van der Waals surface area contributed by atoms with E-state index in [2.05, 4.69) is 206 Å². The smallest absolute Gasteiger partial charge is 0.143 e. The van der Waals surface area contributed by atoms with E-state index in [-0.39, 0.29) is 0 Å². The van der Waals surface area contributed by atoms with E-state index in [0.29, 0.717) is 0 Å². The van der Waals surface area contributed by atoms with Crippen LogP contribution in [-0.4, -0.2) is 0 Å². The first-order valence-electron chi connectivity index (χ1n) is 22.9. The Balaban J connectivity index is 0.954. The lowest BCUT2D eigenvalue weighted by atomic mass is 9.85. The van der Waals surface area contributed by atoms with Crippen LogP contribution in [0, 0.1) is 0 Å². The zero-order chi connectivity index (χ0) is 43.7. The molecule has 0 saturated heterocycles. The predicted molar refractivity (Wildman–Crippen MR) is 286 cm³/mol. The number of fused-ring (bicyclic) bond motifs is 13. The first-order valence-corrected chi connectivity index (χ1v) is 23.7. The van der Waals surface area contributed by atoms with E-state index >= 15 is 0 Å². The molecule has 0 bridgehead atoms. The number of furan rings is 2. The Hall–Kier alpha value is -8.50. The minimum absolute atomic E-state index is 0.907. The molecule has 0 fully saturated rings. The lowest BCUT2D eigenvalue weighted by Gasteiger charge is -2.18. The largest absolute Gasteiger partial charge is 0.455 e. The molecule has 15 rings (SSSR count). The summed E-state index contributed by atoms with van der Waals surface area (Å²) >= 11 is 1.90. The zero-order valence-electron chi connectivity index (χ0n) is 36.0. The van der Waals surface area contributed by atoms with Gasteiger partial charge in [-0.15, -0.1) is 11.3 Å². The zero-order valence-corrected chi connectivity index (χ0v) is 36.8. The highest BCUT2D eigenvalue weighted by Crippen LogP contribution is 2.51. The van der Waals surface area contributed by atoms with Gasteiger partial charge in [-0.2, -0.15) is 0 Å². The topological polar surface area (TPSA) is 26.3 Å². The third-order valence-corrected chi connectivity index (χ3v) is 15.5. The molecule has 310 valence electrons. The van der Waals surface area contributed by atoms with Crippen LogP contribution in [0.3, 0.4) is 0 Å². The van der Waals surface area contributed by atoms with E-state index in [1.807, 2.05) is 23.5 Å². The summed E-state index contributed by atoms with van der Waals surface area (Å²) in [7, 11) is 0. The van der Waals surface area contributed by atoms with E-state index in [1.54, 1.807) is 0 Å². The Kier molecular flexibility index (Phi) is 7.69. The van der Waals surface area contributed by atoms with Gasteiger partial charge >= 0.3 is 0 Å². The highest BCUT2D eigenvalue weighted by Gasteiger charge is 2.24. The molecule has 0 aliphatic heterocycles. The molecule has 0 aliphatic rings. The Labute approximate surface area is 388 Å². The monoisotopic (exact) mass is 868 g/mol. The highest BCUT2D eigenvalue weighted by molar-refractivity contribution is 7.26. The van der Waals surface area contributed by atoms with Crippen LogP contribution < -0.4 is 0 Å². The van der Waals surface area contributed by atoms with Crippen LogP contribution in [0.2, 0.25) is 0 Å². The van der Waals surface area contributed by atoms with Crippen molar-refractivity contribution in [1.82, 2.24) is 0 Å². The van der Waals surface area contributed by atoms with Crippen molar-refractivity contribution in [2.24, 2.45) is 0 Å². The average molecular weight is 869 g/mol. The molecule has 0 saturated carbocycles. The molecule has 0 aliphatic carbocycles. The molecule has 3 aromatic heterocycles. The molecule has 0 unspecified atom stereocenters. The normalized spacial score (nSPS) is 12.2. The first kappa shape index (κ1) is 36.8. The molecular weight excluding hydrogens is 833 g/mol. The first-order chi connectivity index (χ1) is 33.3. The third kappa shape index (κ3) is 5.20. The standard InChI is InChI=1S/C64H36O2S/c1-3-20-43-41(18-1)58(42-19-2-4-21-44(42)59(43)52-29-13-26-49-38-16-9-11-32-55(38)65-62(49)52)37-34-35-40-51-28-15-31-54(64(51)67-57(40)36-37)61-47-24-7-5-22-45(47)60(46-23-6-8-25-48(46)61)53-30-14-27-50-39-17-10-12-33-56(39)66-63(50)53/h1-36H. The number of rotatable bonds is 4. The number of thiophene rings is 1. The minimum Gasteiger partial charge on any atom is -0.455 e. The quantitative estimate of drug-likeness (QED) is 0.165. The van der Waals surface area contributed by atoms with E-state index < -0.39 is 0 Å². The number of para-hydroxylation sites is 4. The summed E-state index contributed by atoms with van der Waals surface area (Å²) < 4.78 is 15.9. The molecule has 0 N–H and O–H groups in total. The van der Waals surface area contributed by atoms with Crippen molar-refractivity contribution in [1.29, 1.82) is 0 Å². The molecule has 0 spiro atoms. The second-order valence-electron chi connectivity index (χ2n) is 17.7. The summed E-state index contributed by atoms with van der Waals surface area (Å²) in [6.07, 6.45) is 0. The Bertz CT molecular complexity index is 4470. The van der Waals surface area contributed by atoms with Crippen LogP contribution >= 0.6 is 11.3 Å². The maximum atomic E-state index is 6.68. The van der Waals surface area contributed by atoms with Gasteiger partial charge in [-0.05, 0) is 78.0 Å². The van der Waals surface area contributed by atoms with Gasteiger partial charge in [0.05, 0.1) is 0 Å². The maximum absolute atomic E-state index is 6.68. The van der Waals surface area contributed by atoms with Gasteiger partial charge in [0.2, 0.25) is 0 Å². The SMILES string of the molecule is c1ccc2c(c1)oc1c(-c3c4ccccc4c(-c4ccc5c(c4)sc4c(-c6c7ccccc7c(-c7cccc8c7oc7ccccc78)c7ccccc67)cccc45)c4ccccc34)cccc12. The van der Waals surface area contributed by atoms with Crippen molar-refractivity contribution in [2.45, 2.75) is 0 Å². The van der Waals surface area contributed by atoms with Crippen LogP contribution in [-0.2, 0) is 0 Å². The molecule has 12 aromatic carbocycles. The number of hydrogen-bond donors (Lipinski definition) is 0. The van der Waals surface area contributed by atoms with Crippen LogP contribution in [0.15, 0.2) is 227 Å². The highest BCUT2D eigenvalue weighted by atomic mass is 32.1. The van der Waals surface area contributed by atoms with Gasteiger partial charge in [0, 0.05) is 69.5 Å². The summed E-state index contributed by atoms with van der Waals surface area (Å²) in [4.78, 5) is 0. The molecule has 0 radical (unpaired) electrons. The van der Waals surface area contributed by atoms with Crippen LogP contribution in [0.5, 0.6) is 0 Å². The van der Waals surface area contributed by atoms with Gasteiger partial charge in [-0.3, -0.25) is 0 Å². The van der Waals surface area contributed by atoms with Gasteiger partial charge in [-0.25, -0.2) is 0 Å². The van der Waals surface area contributed by atoms with Gasteiger partial charge in [-0.1, -0.05) is 200 Å². The van der Waals surface area contributed by atoms with Gasteiger partial charge in [0.1, 0.15) is 22.3 Å². The van der Waals surface area contributed by atoms with Crippen molar-refractivity contribution in [2.75, 3.05) is 0 Å². The fraction of sp³-hybridized carbons (Fsp3) is 0. The summed E-state index contributed by atoms with van der Waals surface area (Å²) in [5, 5.41) is 16.8. The minimum atomic E-state index is 0.907. The molecule has 3 heteroatoms. The van der Waals surface area contributed by atoms with E-state index in [0.717, 1.165) is 55.0 Å². The van der Waals surface area contributed by atoms with E-state index in [9.17, 15) is 0 Å². The van der Waals surface area contributed by atoms with Crippen LogP contribution in [0.25, 0.3) is 152 Å². The van der Waals surface area contributed by atoms with Crippen molar-refractivity contribution in [3.8, 4) is 44.5 Å². The lowest BCUT2D eigenvalue weighted by Crippen LogP contribution is -1.91. The lowest BCUT2D eigenvalue weighted by molar-refractivity contribution is 0.669. The molecular formula is C64H36O2S. The fourth-order valence-corrected chi connectivity index (χ4v) is 12.7. The molecule has 67 heavy (non-hydrogen) atoms. The Morgan fingerprint density at radius 1 is 0.254 bits per heavy atom. The number of hydrogen-bond acceptors (Lipinski definition) is 3. The summed E-state index contributed by atoms with van der Waals surface area (Å²) in [5.41, 5.74) is 13.3. The van der Waals surface area contributed by atoms with Gasteiger partial charge < -0.3 is 8.83 Å². The summed E-state index contributed by atoms with van der Waals surface area (Å²) in [6, 6.07) is 79.6. The average Bonchev–Trinajstić information content (AvgIpc) is 4.09. The van der Waals surface area contributed by atoms with Gasteiger partial charge in [0.15, 0.2) is 0 Å². The second-order valence-corrected chi connectivity index (χ2v) is 18.8. The van der Waals surface area contributed by atoms with Crippen LogP contribution in [0.4, 0.5) is 0 Å². The van der Waals surface area contributed by atoms with Crippen molar-refractivity contribution in [3.05, 3.63) is 218 Å². The Morgan fingerprint density at radius 3 is 1.07 bits per heavy atom. The van der Waals surface area contributed by atoms with E-state index in [4.69, 9.17) is 8.83 Å². The van der Waals surface area contributed by atoms with E-state index in [1.165, 1.54) is 96.6 Å². The molecule has 0 amide bonds.